The van der Waals surface area contributed by atoms with Gasteiger partial charge in [0.2, 0.25) is 0 Å². The average molecular weight is 299 g/mol. The molecule has 0 saturated carbocycles. The van der Waals surface area contributed by atoms with Gasteiger partial charge in [-0.2, -0.15) is 5.10 Å². The number of rotatable bonds is 4. The molecule has 1 N–H and O–H groups in total. The summed E-state index contributed by atoms with van der Waals surface area (Å²) in [7, 11) is 1.89. The first-order valence-corrected chi connectivity index (χ1v) is 7.66. The van der Waals surface area contributed by atoms with Crippen molar-refractivity contribution < 1.29 is 4.79 Å². The molecule has 2 aromatic heterocycles. The Balaban J connectivity index is 1.55. The van der Waals surface area contributed by atoms with Gasteiger partial charge in [-0.25, -0.2) is 4.79 Å². The van der Waals surface area contributed by atoms with Gasteiger partial charge in [0.1, 0.15) is 0 Å². The molecule has 1 atom stereocenters. The quantitative estimate of drug-likeness (QED) is 0.938. The highest BCUT2D eigenvalue weighted by Crippen LogP contribution is 2.31. The summed E-state index contributed by atoms with van der Waals surface area (Å²) in [5, 5.41) is 7.15. The van der Waals surface area contributed by atoms with Gasteiger partial charge in [-0.1, -0.05) is 0 Å². The highest BCUT2D eigenvalue weighted by molar-refractivity contribution is 5.75. The van der Waals surface area contributed by atoms with Crippen LogP contribution in [0.1, 0.15) is 30.0 Å². The minimum atomic E-state index is 0.0169. The SMILES string of the molecule is Cn1cc(CCNC(=O)N2CCCC2c2ccncc2)cn1. The molecule has 3 heterocycles. The van der Waals surface area contributed by atoms with Crippen molar-refractivity contribution in [1.29, 1.82) is 0 Å². The van der Waals surface area contributed by atoms with Crippen LogP contribution in [0.3, 0.4) is 0 Å². The maximum Gasteiger partial charge on any atom is 0.317 e. The summed E-state index contributed by atoms with van der Waals surface area (Å²) in [5.74, 6) is 0. The lowest BCUT2D eigenvalue weighted by Gasteiger charge is -2.25. The number of carbonyl (C=O) groups excluding carboxylic acids is 1. The molecule has 0 radical (unpaired) electrons. The van der Waals surface area contributed by atoms with Crippen LogP contribution in [0.5, 0.6) is 0 Å². The number of likely N-dealkylation sites (tertiary alicyclic amines) is 1. The number of amides is 2. The zero-order valence-electron chi connectivity index (χ0n) is 12.8. The van der Waals surface area contributed by atoms with Crippen LogP contribution in [0.25, 0.3) is 0 Å². The van der Waals surface area contributed by atoms with E-state index in [4.69, 9.17) is 0 Å². The van der Waals surface area contributed by atoms with Crippen LogP contribution in [0.2, 0.25) is 0 Å². The molecule has 2 aromatic rings. The summed E-state index contributed by atoms with van der Waals surface area (Å²) in [5.41, 5.74) is 2.30. The zero-order valence-corrected chi connectivity index (χ0v) is 12.8. The molecule has 1 unspecified atom stereocenters. The van der Waals surface area contributed by atoms with Crippen molar-refractivity contribution in [2.45, 2.75) is 25.3 Å². The van der Waals surface area contributed by atoms with Gasteiger partial charge in [0.05, 0.1) is 12.2 Å². The third kappa shape index (κ3) is 3.27. The Kier molecular flexibility index (Phi) is 4.37. The monoisotopic (exact) mass is 299 g/mol. The second-order valence-electron chi connectivity index (χ2n) is 5.64. The Labute approximate surface area is 130 Å². The average Bonchev–Trinajstić information content (AvgIpc) is 3.17. The molecule has 1 fully saturated rings. The lowest BCUT2D eigenvalue weighted by molar-refractivity contribution is 0.193. The summed E-state index contributed by atoms with van der Waals surface area (Å²) in [6, 6.07) is 4.17. The number of urea groups is 1. The van der Waals surface area contributed by atoms with E-state index in [0.29, 0.717) is 6.54 Å². The summed E-state index contributed by atoms with van der Waals surface area (Å²) in [4.78, 5) is 18.4. The number of nitrogens with one attached hydrogen (secondary N) is 1. The lowest BCUT2D eigenvalue weighted by Crippen LogP contribution is -2.40. The first-order chi connectivity index (χ1) is 10.7. The van der Waals surface area contributed by atoms with E-state index in [1.54, 1.807) is 17.1 Å². The Morgan fingerprint density at radius 1 is 1.41 bits per heavy atom. The molecule has 0 spiro atoms. The van der Waals surface area contributed by atoms with Gasteiger partial charge in [0, 0.05) is 38.7 Å². The number of aromatic nitrogens is 3. The van der Waals surface area contributed by atoms with Gasteiger partial charge in [0.15, 0.2) is 0 Å². The van der Waals surface area contributed by atoms with E-state index >= 15 is 0 Å². The number of aryl methyl sites for hydroxylation is 1. The Hall–Kier alpha value is -2.37. The first kappa shape index (κ1) is 14.6. The first-order valence-electron chi connectivity index (χ1n) is 7.66. The van der Waals surface area contributed by atoms with Crippen LogP contribution in [0, 0.1) is 0 Å². The van der Waals surface area contributed by atoms with Gasteiger partial charge in [-0.15, -0.1) is 0 Å². The molecule has 0 aliphatic carbocycles. The molecule has 2 amide bonds. The maximum atomic E-state index is 12.4. The van der Waals surface area contributed by atoms with Crippen LogP contribution in [-0.4, -0.2) is 38.8 Å². The second kappa shape index (κ2) is 6.60. The topological polar surface area (TPSA) is 63.1 Å². The highest BCUT2D eigenvalue weighted by atomic mass is 16.2. The van der Waals surface area contributed by atoms with Gasteiger partial charge in [-0.3, -0.25) is 9.67 Å². The minimum Gasteiger partial charge on any atom is -0.338 e. The Bertz CT molecular complexity index is 624. The number of hydrogen-bond donors (Lipinski definition) is 1. The third-order valence-electron chi connectivity index (χ3n) is 4.05. The van der Waals surface area contributed by atoms with Crippen LogP contribution < -0.4 is 5.32 Å². The van der Waals surface area contributed by atoms with Gasteiger partial charge < -0.3 is 10.2 Å². The molecule has 116 valence electrons. The van der Waals surface area contributed by atoms with E-state index in [0.717, 1.165) is 36.9 Å². The highest BCUT2D eigenvalue weighted by Gasteiger charge is 2.29. The largest absolute Gasteiger partial charge is 0.338 e. The molecular weight excluding hydrogens is 278 g/mol. The summed E-state index contributed by atoms with van der Waals surface area (Å²) < 4.78 is 1.77. The van der Waals surface area contributed by atoms with E-state index in [2.05, 4.69) is 15.4 Å². The van der Waals surface area contributed by atoms with Gasteiger partial charge in [-0.05, 0) is 42.5 Å². The van der Waals surface area contributed by atoms with Crippen molar-refractivity contribution in [1.82, 2.24) is 25.0 Å². The molecule has 1 saturated heterocycles. The molecule has 0 aromatic carbocycles. The van der Waals surface area contributed by atoms with Crippen molar-refractivity contribution in [3.05, 3.63) is 48.0 Å². The molecule has 0 bridgehead atoms. The van der Waals surface area contributed by atoms with Crippen molar-refractivity contribution >= 4 is 6.03 Å². The minimum absolute atomic E-state index is 0.0169. The van der Waals surface area contributed by atoms with Crippen LogP contribution in [0.15, 0.2) is 36.9 Å². The lowest BCUT2D eigenvalue weighted by atomic mass is 10.1. The number of nitrogens with zero attached hydrogens (tertiary/aromatic N) is 4. The zero-order chi connectivity index (χ0) is 15.4. The predicted molar refractivity (Wildman–Crippen MR) is 83.2 cm³/mol. The van der Waals surface area contributed by atoms with E-state index in [1.807, 2.05) is 36.5 Å². The molecular formula is C16H21N5O. The summed E-state index contributed by atoms with van der Waals surface area (Å²) in [6.45, 7) is 1.44. The Morgan fingerprint density at radius 2 is 2.23 bits per heavy atom. The molecule has 22 heavy (non-hydrogen) atoms. The number of carbonyl (C=O) groups is 1. The van der Waals surface area contributed by atoms with E-state index in [-0.39, 0.29) is 12.1 Å². The van der Waals surface area contributed by atoms with E-state index in [1.165, 1.54) is 0 Å². The maximum absolute atomic E-state index is 12.4. The van der Waals surface area contributed by atoms with Crippen molar-refractivity contribution in [2.24, 2.45) is 7.05 Å². The summed E-state index contributed by atoms with van der Waals surface area (Å²) >= 11 is 0. The van der Waals surface area contributed by atoms with Crippen molar-refractivity contribution in [3.8, 4) is 0 Å². The van der Waals surface area contributed by atoms with Gasteiger partial charge >= 0.3 is 6.03 Å². The van der Waals surface area contributed by atoms with E-state index < -0.39 is 0 Å². The third-order valence-corrected chi connectivity index (χ3v) is 4.05. The molecule has 1 aliphatic rings. The molecule has 1 aliphatic heterocycles. The van der Waals surface area contributed by atoms with Gasteiger partial charge in [0.25, 0.3) is 0 Å². The van der Waals surface area contributed by atoms with Crippen LogP contribution in [-0.2, 0) is 13.5 Å². The van der Waals surface area contributed by atoms with E-state index in [9.17, 15) is 4.79 Å². The standard InChI is InChI=1S/C16H21N5O/c1-20-12-13(11-19-20)4-9-18-16(22)21-10-2-3-15(21)14-5-7-17-8-6-14/h5-8,11-12,15H,2-4,9-10H2,1H3,(H,18,22). The fraction of sp³-hybridized carbons (Fsp3) is 0.438. The Morgan fingerprint density at radius 3 is 2.95 bits per heavy atom. The van der Waals surface area contributed by atoms with Crippen molar-refractivity contribution in [3.63, 3.8) is 0 Å². The number of pyridine rings is 1. The molecule has 6 heteroatoms. The van der Waals surface area contributed by atoms with Crippen LogP contribution in [0.4, 0.5) is 4.79 Å². The predicted octanol–water partition coefficient (Wildman–Crippen LogP) is 1.90. The van der Waals surface area contributed by atoms with Crippen LogP contribution >= 0.6 is 0 Å². The fourth-order valence-electron chi connectivity index (χ4n) is 2.96. The second-order valence-corrected chi connectivity index (χ2v) is 5.64. The molecule has 3 rings (SSSR count). The number of hydrogen-bond acceptors (Lipinski definition) is 3. The van der Waals surface area contributed by atoms with Crippen molar-refractivity contribution in [2.75, 3.05) is 13.1 Å². The summed E-state index contributed by atoms with van der Waals surface area (Å²) in [6.07, 6.45) is 10.2. The molecule has 6 nitrogen and oxygen atoms in total. The normalized spacial score (nSPS) is 17.7. The fourth-order valence-corrected chi connectivity index (χ4v) is 2.96. The smallest absolute Gasteiger partial charge is 0.317 e.